The van der Waals surface area contributed by atoms with Crippen LogP contribution in [0.4, 0.5) is 30.8 Å². The van der Waals surface area contributed by atoms with E-state index in [9.17, 15) is 13.2 Å². The summed E-state index contributed by atoms with van der Waals surface area (Å²) in [6.45, 7) is -1.09. The van der Waals surface area contributed by atoms with Gasteiger partial charge >= 0.3 is 6.18 Å². The predicted octanol–water partition coefficient (Wildman–Crippen LogP) is 1.10. The molecule has 1 aromatic rings. The maximum absolute atomic E-state index is 12.1. The predicted molar refractivity (Wildman–Crippen MR) is 55.3 cm³/mol. The van der Waals surface area contributed by atoms with E-state index in [4.69, 9.17) is 5.73 Å². The summed E-state index contributed by atoms with van der Waals surface area (Å²) in [4.78, 5) is 8.45. The molecule has 0 saturated heterocycles. The van der Waals surface area contributed by atoms with Crippen molar-refractivity contribution in [3.05, 3.63) is 6.07 Å². The molecule has 1 aromatic heterocycles. The molecule has 0 saturated carbocycles. The zero-order chi connectivity index (χ0) is 12.3. The maximum Gasteiger partial charge on any atom is 0.405 e. The van der Waals surface area contributed by atoms with Crippen molar-refractivity contribution in [2.24, 2.45) is 0 Å². The third kappa shape index (κ3) is 3.44. The van der Waals surface area contributed by atoms with Crippen LogP contribution in [-0.4, -0.2) is 36.8 Å². The average Bonchev–Trinajstić information content (AvgIpc) is 2.14. The van der Waals surface area contributed by atoms with Crippen LogP contribution in [-0.2, 0) is 0 Å². The molecule has 0 aliphatic rings. The van der Waals surface area contributed by atoms with Crippen LogP contribution in [0.15, 0.2) is 6.07 Å². The Morgan fingerprint density at radius 3 is 2.56 bits per heavy atom. The first kappa shape index (κ1) is 12.3. The van der Waals surface area contributed by atoms with Crippen molar-refractivity contribution in [1.29, 1.82) is 0 Å². The van der Waals surface area contributed by atoms with Gasteiger partial charge in [0.05, 0.1) is 0 Å². The van der Waals surface area contributed by atoms with Crippen LogP contribution < -0.4 is 16.0 Å². The second-order valence-corrected chi connectivity index (χ2v) is 3.19. The molecular formula is C8H12F3N5. The van der Waals surface area contributed by atoms with Gasteiger partial charge in [0.2, 0.25) is 5.95 Å². The molecule has 0 atom stereocenters. The number of hydrogen-bond acceptors (Lipinski definition) is 5. The SMILES string of the molecule is CNc1cc(N(C)CC(F)(F)F)nc(N)n1. The van der Waals surface area contributed by atoms with Crippen molar-refractivity contribution in [2.45, 2.75) is 6.18 Å². The van der Waals surface area contributed by atoms with Crippen molar-refractivity contribution in [3.63, 3.8) is 0 Å². The molecule has 3 N–H and O–H groups in total. The van der Waals surface area contributed by atoms with Gasteiger partial charge in [0.25, 0.3) is 0 Å². The Morgan fingerprint density at radius 1 is 1.44 bits per heavy atom. The van der Waals surface area contributed by atoms with Gasteiger partial charge in [0.1, 0.15) is 18.2 Å². The van der Waals surface area contributed by atoms with Gasteiger partial charge in [0, 0.05) is 20.2 Å². The molecule has 0 radical (unpaired) electrons. The van der Waals surface area contributed by atoms with E-state index in [1.54, 1.807) is 7.05 Å². The van der Waals surface area contributed by atoms with E-state index in [0.717, 1.165) is 4.90 Å². The van der Waals surface area contributed by atoms with Crippen molar-refractivity contribution in [1.82, 2.24) is 9.97 Å². The smallest absolute Gasteiger partial charge is 0.373 e. The van der Waals surface area contributed by atoms with Gasteiger partial charge in [-0.1, -0.05) is 0 Å². The quantitative estimate of drug-likeness (QED) is 0.821. The zero-order valence-electron chi connectivity index (χ0n) is 8.84. The van der Waals surface area contributed by atoms with E-state index in [2.05, 4.69) is 15.3 Å². The number of nitrogens with zero attached hydrogens (tertiary/aromatic N) is 3. The van der Waals surface area contributed by atoms with Crippen LogP contribution in [0.25, 0.3) is 0 Å². The van der Waals surface area contributed by atoms with Crippen molar-refractivity contribution < 1.29 is 13.2 Å². The summed E-state index contributed by atoms with van der Waals surface area (Å²) in [5, 5.41) is 2.69. The fraction of sp³-hybridized carbons (Fsp3) is 0.500. The van der Waals surface area contributed by atoms with Crippen LogP contribution in [0.1, 0.15) is 0 Å². The van der Waals surface area contributed by atoms with Crippen molar-refractivity contribution in [2.75, 3.05) is 36.6 Å². The Balaban J connectivity index is 2.90. The fourth-order valence-electron chi connectivity index (χ4n) is 1.13. The summed E-state index contributed by atoms with van der Waals surface area (Å²) in [7, 11) is 2.88. The zero-order valence-corrected chi connectivity index (χ0v) is 8.84. The van der Waals surface area contributed by atoms with Gasteiger partial charge in [-0.2, -0.15) is 23.1 Å². The molecule has 90 valence electrons. The number of nitrogen functional groups attached to an aromatic ring is 1. The van der Waals surface area contributed by atoms with Gasteiger partial charge < -0.3 is 16.0 Å². The highest BCUT2D eigenvalue weighted by Gasteiger charge is 2.30. The summed E-state index contributed by atoms with van der Waals surface area (Å²) in [6.07, 6.45) is -4.28. The van der Waals surface area contributed by atoms with Crippen LogP contribution in [0, 0.1) is 0 Å². The summed E-state index contributed by atoms with van der Waals surface area (Å²) in [5.74, 6) is 0.418. The molecule has 16 heavy (non-hydrogen) atoms. The van der Waals surface area contributed by atoms with E-state index in [1.807, 2.05) is 0 Å². The Hall–Kier alpha value is -1.73. The number of nitrogens with one attached hydrogen (secondary N) is 1. The Bertz CT molecular complexity index is 365. The Labute approximate surface area is 90.5 Å². The van der Waals surface area contributed by atoms with Crippen LogP contribution in [0.3, 0.4) is 0 Å². The number of aromatic nitrogens is 2. The third-order valence-electron chi connectivity index (χ3n) is 1.79. The lowest BCUT2D eigenvalue weighted by Gasteiger charge is -2.20. The van der Waals surface area contributed by atoms with E-state index in [-0.39, 0.29) is 11.8 Å². The van der Waals surface area contributed by atoms with E-state index < -0.39 is 12.7 Å². The van der Waals surface area contributed by atoms with Crippen molar-refractivity contribution in [3.8, 4) is 0 Å². The number of halogens is 3. The first-order valence-corrected chi connectivity index (χ1v) is 4.42. The van der Waals surface area contributed by atoms with E-state index >= 15 is 0 Å². The lowest BCUT2D eigenvalue weighted by atomic mass is 10.4. The second kappa shape index (κ2) is 4.42. The first-order valence-electron chi connectivity index (χ1n) is 4.42. The molecule has 1 rings (SSSR count). The highest BCUT2D eigenvalue weighted by atomic mass is 19.4. The fourth-order valence-corrected chi connectivity index (χ4v) is 1.13. The van der Waals surface area contributed by atoms with Gasteiger partial charge in [-0.15, -0.1) is 0 Å². The van der Waals surface area contributed by atoms with Gasteiger partial charge in [0.15, 0.2) is 0 Å². The number of hydrogen-bond donors (Lipinski definition) is 2. The minimum atomic E-state index is -4.28. The summed E-state index contributed by atoms with van der Waals surface area (Å²) in [6, 6.07) is 1.39. The van der Waals surface area contributed by atoms with Gasteiger partial charge in [-0.25, -0.2) is 0 Å². The van der Waals surface area contributed by atoms with Gasteiger partial charge in [-0.05, 0) is 0 Å². The topological polar surface area (TPSA) is 67.1 Å². The molecule has 0 unspecified atom stereocenters. The van der Waals surface area contributed by atoms with Gasteiger partial charge in [-0.3, -0.25) is 0 Å². The number of alkyl halides is 3. The highest BCUT2D eigenvalue weighted by Crippen LogP contribution is 2.21. The Morgan fingerprint density at radius 2 is 2.06 bits per heavy atom. The molecule has 0 bridgehead atoms. The molecule has 0 fully saturated rings. The van der Waals surface area contributed by atoms with E-state index in [0.29, 0.717) is 5.82 Å². The number of nitrogens with two attached hydrogens (primary N) is 1. The molecule has 0 amide bonds. The Kier molecular flexibility index (Phi) is 3.41. The summed E-state index contributed by atoms with van der Waals surface area (Å²) < 4.78 is 36.4. The van der Waals surface area contributed by atoms with Crippen LogP contribution >= 0.6 is 0 Å². The average molecular weight is 235 g/mol. The monoisotopic (exact) mass is 235 g/mol. The second-order valence-electron chi connectivity index (χ2n) is 3.19. The molecule has 0 aromatic carbocycles. The minimum absolute atomic E-state index is 0.0733. The maximum atomic E-state index is 12.1. The molecule has 8 heteroatoms. The molecule has 0 aliphatic carbocycles. The molecular weight excluding hydrogens is 223 g/mol. The normalized spacial score (nSPS) is 11.3. The largest absolute Gasteiger partial charge is 0.405 e. The molecule has 1 heterocycles. The molecule has 5 nitrogen and oxygen atoms in total. The van der Waals surface area contributed by atoms with E-state index in [1.165, 1.54) is 13.1 Å². The number of anilines is 3. The minimum Gasteiger partial charge on any atom is -0.373 e. The van der Waals surface area contributed by atoms with Crippen LogP contribution in [0.2, 0.25) is 0 Å². The number of rotatable bonds is 3. The molecule has 0 aliphatic heterocycles. The third-order valence-corrected chi connectivity index (χ3v) is 1.79. The van der Waals surface area contributed by atoms with Crippen LogP contribution in [0.5, 0.6) is 0 Å². The first-order chi connectivity index (χ1) is 7.31. The lowest BCUT2D eigenvalue weighted by Crippen LogP contribution is -2.31. The molecule has 0 spiro atoms. The lowest BCUT2D eigenvalue weighted by molar-refractivity contribution is -0.119. The van der Waals surface area contributed by atoms with Crippen molar-refractivity contribution >= 4 is 17.6 Å². The standard InChI is InChI=1S/C8H12F3N5/c1-13-5-3-6(15-7(12)14-5)16(2)4-8(9,10)11/h3H,4H2,1-2H3,(H3,12,13,14,15). The summed E-state index contributed by atoms with van der Waals surface area (Å²) in [5.41, 5.74) is 5.37. The summed E-state index contributed by atoms with van der Waals surface area (Å²) >= 11 is 0. The highest BCUT2D eigenvalue weighted by molar-refractivity contribution is 5.51.